The van der Waals surface area contributed by atoms with Crippen LogP contribution >= 0.6 is 0 Å². The van der Waals surface area contributed by atoms with Gasteiger partial charge in [0.25, 0.3) is 0 Å². The number of likely N-dealkylation sites (N-methyl/N-ethyl adjacent to an activating group) is 1. The van der Waals surface area contributed by atoms with Gasteiger partial charge in [0, 0.05) is 19.6 Å². The molecule has 0 fully saturated rings. The van der Waals surface area contributed by atoms with Crippen LogP contribution in [0.2, 0.25) is 0 Å². The quantitative estimate of drug-likeness (QED) is 0.625. The van der Waals surface area contributed by atoms with Gasteiger partial charge in [0.2, 0.25) is 5.95 Å². The molecule has 1 heterocycles. The van der Waals surface area contributed by atoms with Crippen LogP contribution in [0.25, 0.3) is 11.0 Å². The standard InChI is InChI=1S/C19H32N4/c1-4-7-8-11-15-23-18-13-10-9-12-17(18)21-19(23)20-14-16-22(5-2)6-3/h9-10,12-13H,4-8,11,14-16H2,1-3H3,(H,20,21). The summed E-state index contributed by atoms with van der Waals surface area (Å²) in [7, 11) is 0. The lowest BCUT2D eigenvalue weighted by molar-refractivity contribution is 0.315. The zero-order valence-corrected chi connectivity index (χ0v) is 15.0. The highest BCUT2D eigenvalue weighted by Crippen LogP contribution is 2.20. The van der Waals surface area contributed by atoms with Crippen LogP contribution in [0.15, 0.2) is 24.3 Å². The molecule has 0 aliphatic rings. The first-order valence-electron chi connectivity index (χ1n) is 9.21. The molecular formula is C19H32N4. The molecular weight excluding hydrogens is 284 g/mol. The van der Waals surface area contributed by atoms with E-state index in [9.17, 15) is 0 Å². The van der Waals surface area contributed by atoms with Gasteiger partial charge in [0.05, 0.1) is 11.0 Å². The Hall–Kier alpha value is -1.55. The fourth-order valence-corrected chi connectivity index (χ4v) is 3.00. The summed E-state index contributed by atoms with van der Waals surface area (Å²) >= 11 is 0. The molecule has 0 saturated carbocycles. The maximum Gasteiger partial charge on any atom is 0.203 e. The van der Waals surface area contributed by atoms with Gasteiger partial charge in [-0.25, -0.2) is 4.98 Å². The van der Waals surface area contributed by atoms with Crippen molar-refractivity contribution in [1.29, 1.82) is 0 Å². The second kappa shape index (κ2) is 9.56. The summed E-state index contributed by atoms with van der Waals surface area (Å²) in [6.45, 7) is 11.9. The van der Waals surface area contributed by atoms with Crippen molar-refractivity contribution in [3.05, 3.63) is 24.3 Å². The largest absolute Gasteiger partial charge is 0.354 e. The minimum atomic E-state index is 0.944. The number of hydrogen-bond donors (Lipinski definition) is 1. The van der Waals surface area contributed by atoms with E-state index in [1.165, 1.54) is 31.2 Å². The summed E-state index contributed by atoms with van der Waals surface area (Å²) in [5.41, 5.74) is 2.34. The SMILES string of the molecule is CCCCCCn1c(NCCN(CC)CC)nc2ccccc21. The van der Waals surface area contributed by atoms with Crippen LogP contribution in [-0.4, -0.2) is 40.6 Å². The number of nitrogens with one attached hydrogen (secondary N) is 1. The Morgan fingerprint density at radius 2 is 1.83 bits per heavy atom. The zero-order chi connectivity index (χ0) is 16.5. The maximum absolute atomic E-state index is 4.79. The molecule has 0 bridgehead atoms. The first kappa shape index (κ1) is 17.8. The molecule has 0 unspecified atom stereocenters. The van der Waals surface area contributed by atoms with E-state index in [4.69, 9.17) is 4.98 Å². The van der Waals surface area contributed by atoms with Crippen molar-refractivity contribution in [1.82, 2.24) is 14.5 Å². The van der Waals surface area contributed by atoms with E-state index in [-0.39, 0.29) is 0 Å². The molecule has 1 aromatic carbocycles. The Morgan fingerprint density at radius 1 is 1.04 bits per heavy atom. The second-order valence-electron chi connectivity index (χ2n) is 6.09. The van der Waals surface area contributed by atoms with Crippen LogP contribution in [0.5, 0.6) is 0 Å². The molecule has 0 aliphatic heterocycles. The van der Waals surface area contributed by atoms with E-state index >= 15 is 0 Å². The van der Waals surface area contributed by atoms with Crippen LogP contribution < -0.4 is 5.32 Å². The average Bonchev–Trinajstić information content (AvgIpc) is 2.93. The van der Waals surface area contributed by atoms with Crippen molar-refractivity contribution in [2.45, 2.75) is 53.0 Å². The number of anilines is 1. The number of fused-ring (bicyclic) bond motifs is 1. The van der Waals surface area contributed by atoms with Gasteiger partial charge in [-0.1, -0.05) is 52.2 Å². The summed E-state index contributed by atoms with van der Waals surface area (Å²) in [6, 6.07) is 8.45. The topological polar surface area (TPSA) is 33.1 Å². The van der Waals surface area contributed by atoms with E-state index < -0.39 is 0 Å². The molecule has 23 heavy (non-hydrogen) atoms. The lowest BCUT2D eigenvalue weighted by Crippen LogP contribution is -2.29. The molecule has 4 nitrogen and oxygen atoms in total. The van der Waals surface area contributed by atoms with Crippen molar-refractivity contribution in [2.75, 3.05) is 31.5 Å². The molecule has 0 radical (unpaired) electrons. The number of benzene rings is 1. The number of unbranched alkanes of at least 4 members (excludes halogenated alkanes) is 3. The Bertz CT molecular complexity index is 572. The van der Waals surface area contributed by atoms with Crippen LogP contribution in [-0.2, 0) is 6.54 Å². The first-order chi connectivity index (χ1) is 11.3. The van der Waals surface area contributed by atoms with Gasteiger partial charge >= 0.3 is 0 Å². The fourth-order valence-electron chi connectivity index (χ4n) is 3.00. The van der Waals surface area contributed by atoms with Crippen molar-refractivity contribution in [3.63, 3.8) is 0 Å². The van der Waals surface area contributed by atoms with Crippen LogP contribution in [0.1, 0.15) is 46.5 Å². The van der Waals surface area contributed by atoms with Gasteiger partial charge in [-0.05, 0) is 31.6 Å². The molecule has 0 spiro atoms. The lowest BCUT2D eigenvalue weighted by Gasteiger charge is -2.18. The average molecular weight is 316 g/mol. The summed E-state index contributed by atoms with van der Waals surface area (Å²) < 4.78 is 2.35. The van der Waals surface area contributed by atoms with Crippen molar-refractivity contribution >= 4 is 17.0 Å². The van der Waals surface area contributed by atoms with Crippen molar-refractivity contribution < 1.29 is 0 Å². The molecule has 2 rings (SSSR count). The summed E-state index contributed by atoms with van der Waals surface area (Å²) in [4.78, 5) is 7.23. The Morgan fingerprint density at radius 3 is 2.57 bits per heavy atom. The van der Waals surface area contributed by atoms with Gasteiger partial charge in [-0.3, -0.25) is 0 Å². The monoisotopic (exact) mass is 316 g/mol. The first-order valence-corrected chi connectivity index (χ1v) is 9.21. The van der Waals surface area contributed by atoms with Crippen LogP contribution in [0.3, 0.4) is 0 Å². The number of hydrogen-bond acceptors (Lipinski definition) is 3. The normalized spacial score (nSPS) is 11.5. The third-order valence-corrected chi connectivity index (χ3v) is 4.50. The molecule has 0 atom stereocenters. The highest BCUT2D eigenvalue weighted by atomic mass is 15.2. The Labute approximate surface area is 140 Å². The number of aromatic nitrogens is 2. The highest BCUT2D eigenvalue weighted by molar-refractivity contribution is 5.78. The van der Waals surface area contributed by atoms with Crippen molar-refractivity contribution in [3.8, 4) is 0 Å². The van der Waals surface area contributed by atoms with Gasteiger partial charge in [-0.15, -0.1) is 0 Å². The molecule has 2 aromatic rings. The van der Waals surface area contributed by atoms with E-state index in [0.29, 0.717) is 0 Å². The van der Waals surface area contributed by atoms with Crippen LogP contribution in [0, 0.1) is 0 Å². The Balaban J connectivity index is 2.04. The number of imidazole rings is 1. The third-order valence-electron chi connectivity index (χ3n) is 4.50. The van der Waals surface area contributed by atoms with E-state index in [0.717, 1.165) is 44.2 Å². The Kier molecular flexibility index (Phi) is 7.40. The molecule has 0 amide bonds. The zero-order valence-electron chi connectivity index (χ0n) is 15.0. The molecule has 0 saturated heterocycles. The second-order valence-corrected chi connectivity index (χ2v) is 6.09. The lowest BCUT2D eigenvalue weighted by atomic mass is 10.2. The summed E-state index contributed by atoms with van der Waals surface area (Å²) in [6.07, 6.45) is 5.11. The molecule has 128 valence electrons. The molecule has 0 aliphatic carbocycles. The van der Waals surface area contributed by atoms with E-state index in [2.05, 4.69) is 59.8 Å². The maximum atomic E-state index is 4.79. The number of rotatable bonds is 11. The molecule has 1 aromatic heterocycles. The molecule has 4 heteroatoms. The van der Waals surface area contributed by atoms with E-state index in [1.54, 1.807) is 0 Å². The highest BCUT2D eigenvalue weighted by Gasteiger charge is 2.10. The summed E-state index contributed by atoms with van der Waals surface area (Å²) in [5, 5.41) is 3.55. The van der Waals surface area contributed by atoms with Gasteiger partial charge in [0.1, 0.15) is 0 Å². The number of para-hydroxylation sites is 2. The predicted octanol–water partition coefficient (Wildman–Crippen LogP) is 4.37. The summed E-state index contributed by atoms with van der Waals surface area (Å²) in [5.74, 6) is 1.02. The number of nitrogens with zero attached hydrogens (tertiary/aromatic N) is 3. The van der Waals surface area contributed by atoms with E-state index in [1.807, 2.05) is 0 Å². The van der Waals surface area contributed by atoms with Crippen molar-refractivity contribution in [2.24, 2.45) is 0 Å². The smallest absolute Gasteiger partial charge is 0.203 e. The molecule has 1 N–H and O–H groups in total. The minimum absolute atomic E-state index is 0.944. The van der Waals surface area contributed by atoms with Gasteiger partial charge < -0.3 is 14.8 Å². The van der Waals surface area contributed by atoms with Gasteiger partial charge in [-0.2, -0.15) is 0 Å². The number of aryl methyl sites for hydroxylation is 1. The van der Waals surface area contributed by atoms with Gasteiger partial charge in [0.15, 0.2) is 0 Å². The fraction of sp³-hybridized carbons (Fsp3) is 0.632. The van der Waals surface area contributed by atoms with Crippen LogP contribution in [0.4, 0.5) is 5.95 Å². The minimum Gasteiger partial charge on any atom is -0.354 e. The predicted molar refractivity (Wildman–Crippen MR) is 100 cm³/mol. The third kappa shape index (κ3) is 4.96.